The van der Waals surface area contributed by atoms with Gasteiger partial charge in [-0.1, -0.05) is 0 Å². The third-order valence-electron chi connectivity index (χ3n) is 4.63. The Morgan fingerprint density at radius 3 is 2.43 bits per heavy atom. The molecule has 2 aromatic carbocycles. The Labute approximate surface area is 175 Å². The van der Waals surface area contributed by atoms with Crippen LogP contribution in [0.15, 0.2) is 42.2 Å². The van der Waals surface area contributed by atoms with Crippen LogP contribution in [0.4, 0.5) is 11.4 Å². The molecule has 0 atom stereocenters. The first kappa shape index (κ1) is 21.1. The molecule has 0 radical (unpaired) electrons. The van der Waals surface area contributed by atoms with E-state index in [0.29, 0.717) is 47.2 Å². The number of rotatable bonds is 8. The molecule has 1 amide bonds. The van der Waals surface area contributed by atoms with Crippen LogP contribution in [0.5, 0.6) is 23.0 Å². The summed E-state index contributed by atoms with van der Waals surface area (Å²) in [7, 11) is 4.60. The van der Waals surface area contributed by atoms with E-state index in [4.69, 9.17) is 30.5 Å². The lowest BCUT2D eigenvalue weighted by molar-refractivity contribution is -0.116. The van der Waals surface area contributed by atoms with Crippen molar-refractivity contribution in [1.82, 2.24) is 0 Å². The fourth-order valence-corrected chi connectivity index (χ4v) is 3.12. The molecule has 0 aliphatic carbocycles. The van der Waals surface area contributed by atoms with Crippen LogP contribution in [0.1, 0.15) is 12.0 Å². The number of hydrogen-bond donors (Lipinski definition) is 3. The van der Waals surface area contributed by atoms with Crippen LogP contribution < -0.4 is 40.8 Å². The Morgan fingerprint density at radius 1 is 1.10 bits per heavy atom. The number of methoxy groups -OCH3 is 3. The monoisotopic (exact) mass is 414 g/mol. The van der Waals surface area contributed by atoms with E-state index < -0.39 is 0 Å². The second-order valence-corrected chi connectivity index (χ2v) is 6.65. The number of aryl methyl sites for hydroxylation is 1. The summed E-state index contributed by atoms with van der Waals surface area (Å²) in [6, 6.07) is 8.94. The lowest BCUT2D eigenvalue weighted by atomic mass is 10.0. The second kappa shape index (κ2) is 9.27. The van der Waals surface area contributed by atoms with Gasteiger partial charge in [-0.15, -0.1) is 0 Å². The quantitative estimate of drug-likeness (QED) is 0.444. The lowest BCUT2D eigenvalue weighted by Crippen LogP contribution is -2.27. The van der Waals surface area contributed by atoms with Crippen molar-refractivity contribution in [2.24, 2.45) is 11.6 Å². The molecule has 0 fully saturated rings. The van der Waals surface area contributed by atoms with Crippen LogP contribution in [0.25, 0.3) is 0 Å². The van der Waals surface area contributed by atoms with Gasteiger partial charge in [-0.25, -0.2) is 5.84 Å². The fraction of sp³-hybridized carbons (Fsp3) is 0.286. The zero-order valence-corrected chi connectivity index (χ0v) is 17.2. The molecule has 9 heteroatoms. The van der Waals surface area contributed by atoms with E-state index in [9.17, 15) is 4.79 Å². The van der Waals surface area contributed by atoms with Crippen LogP contribution >= 0.6 is 0 Å². The van der Waals surface area contributed by atoms with Gasteiger partial charge in [-0.2, -0.15) is 0 Å². The maximum Gasteiger partial charge on any atom is 0.224 e. The predicted octanol–water partition coefficient (Wildman–Crippen LogP) is 2.16. The third kappa shape index (κ3) is 4.69. The number of hydrazine groups is 1. The van der Waals surface area contributed by atoms with Gasteiger partial charge in [0.05, 0.1) is 32.7 Å². The van der Waals surface area contributed by atoms with Gasteiger partial charge in [0.2, 0.25) is 11.7 Å². The first-order chi connectivity index (χ1) is 14.4. The van der Waals surface area contributed by atoms with Crippen molar-refractivity contribution in [2.75, 3.05) is 38.3 Å². The van der Waals surface area contributed by atoms with E-state index in [-0.39, 0.29) is 12.5 Å². The number of hydrogen-bond acceptors (Lipinski definition) is 8. The Hall–Kier alpha value is -3.59. The molecule has 1 heterocycles. The number of amides is 1. The highest BCUT2D eigenvalue weighted by Gasteiger charge is 2.16. The van der Waals surface area contributed by atoms with Crippen molar-refractivity contribution in [2.45, 2.75) is 12.8 Å². The van der Waals surface area contributed by atoms with Crippen LogP contribution in [0.3, 0.4) is 0 Å². The Balaban J connectivity index is 1.69. The summed E-state index contributed by atoms with van der Waals surface area (Å²) < 4.78 is 21.8. The van der Waals surface area contributed by atoms with E-state index in [1.54, 1.807) is 24.4 Å². The molecule has 0 saturated carbocycles. The minimum atomic E-state index is 0.0261. The molecular weight excluding hydrogens is 388 g/mol. The maximum absolute atomic E-state index is 11.5. The van der Waals surface area contributed by atoms with Gasteiger partial charge in [0.1, 0.15) is 12.4 Å². The number of carbonyl (C=O) groups is 1. The predicted molar refractivity (Wildman–Crippen MR) is 114 cm³/mol. The minimum absolute atomic E-state index is 0.0261. The van der Waals surface area contributed by atoms with Gasteiger partial charge in [0, 0.05) is 30.4 Å². The zero-order chi connectivity index (χ0) is 21.7. The highest BCUT2D eigenvalue weighted by Crippen LogP contribution is 2.40. The van der Waals surface area contributed by atoms with E-state index in [1.807, 2.05) is 12.1 Å². The van der Waals surface area contributed by atoms with Gasteiger partial charge in [-0.3, -0.25) is 9.80 Å². The van der Waals surface area contributed by atoms with Crippen LogP contribution in [-0.2, 0) is 11.2 Å². The Kier molecular flexibility index (Phi) is 6.53. The zero-order valence-electron chi connectivity index (χ0n) is 17.2. The summed E-state index contributed by atoms with van der Waals surface area (Å²) in [4.78, 5) is 11.5. The number of ether oxygens (including phenoxy) is 4. The smallest absolute Gasteiger partial charge is 0.224 e. The fourth-order valence-electron chi connectivity index (χ4n) is 3.12. The average molecular weight is 414 g/mol. The summed E-state index contributed by atoms with van der Waals surface area (Å²) in [5, 5.41) is 4.19. The summed E-state index contributed by atoms with van der Waals surface area (Å²) in [6.07, 6.45) is 2.70. The van der Waals surface area contributed by atoms with Crippen molar-refractivity contribution in [3.63, 3.8) is 0 Å². The molecule has 9 nitrogen and oxygen atoms in total. The maximum atomic E-state index is 11.5. The van der Waals surface area contributed by atoms with Crippen molar-refractivity contribution < 1.29 is 23.7 Å². The third-order valence-corrected chi connectivity index (χ3v) is 4.63. The van der Waals surface area contributed by atoms with Crippen LogP contribution in [-0.4, -0.2) is 33.8 Å². The molecule has 0 bridgehead atoms. The number of fused-ring (bicyclic) bond motifs is 1. The first-order valence-electron chi connectivity index (χ1n) is 9.30. The van der Waals surface area contributed by atoms with Gasteiger partial charge in [0.25, 0.3) is 0 Å². The van der Waals surface area contributed by atoms with Gasteiger partial charge in [-0.05, 0) is 30.2 Å². The normalized spacial score (nSPS) is 13.2. The van der Waals surface area contributed by atoms with Crippen molar-refractivity contribution in [3.8, 4) is 23.0 Å². The molecule has 2 aromatic rings. The first-order valence-corrected chi connectivity index (χ1v) is 9.30. The van der Waals surface area contributed by atoms with Crippen molar-refractivity contribution in [3.05, 3.63) is 47.8 Å². The SMILES string of the molecule is COc1cc(N(N)/C=C(\N)COc2ccc3c(c2)CCC(=O)N3)cc(OC)c1OC. The Bertz CT molecular complexity index is 935. The molecule has 0 saturated heterocycles. The average Bonchev–Trinajstić information content (AvgIpc) is 2.76. The molecule has 1 aliphatic heterocycles. The molecule has 0 spiro atoms. The van der Waals surface area contributed by atoms with E-state index in [2.05, 4.69) is 5.32 Å². The van der Waals surface area contributed by atoms with E-state index >= 15 is 0 Å². The molecule has 0 aromatic heterocycles. The minimum Gasteiger partial charge on any atom is -0.493 e. The number of anilines is 2. The van der Waals surface area contributed by atoms with E-state index in [1.165, 1.54) is 26.3 Å². The number of benzene rings is 2. The molecule has 30 heavy (non-hydrogen) atoms. The summed E-state index contributed by atoms with van der Waals surface area (Å²) >= 11 is 0. The highest BCUT2D eigenvalue weighted by molar-refractivity contribution is 5.94. The molecular formula is C21H26N4O5. The highest BCUT2D eigenvalue weighted by atomic mass is 16.5. The van der Waals surface area contributed by atoms with Gasteiger partial charge in [0.15, 0.2) is 11.5 Å². The lowest BCUT2D eigenvalue weighted by Gasteiger charge is -2.20. The number of nitrogens with zero attached hydrogens (tertiary/aromatic N) is 1. The standard InChI is InChI=1S/C21H26N4O5/c1-27-18-9-15(10-19(28-2)21(18)29-3)25(23)11-14(22)12-30-16-5-6-17-13(8-16)4-7-20(26)24-17/h5-6,8-11H,4,7,12,22-23H2,1-3H3,(H,24,26)/b14-11-. The second-order valence-electron chi connectivity index (χ2n) is 6.65. The van der Waals surface area contributed by atoms with E-state index in [0.717, 1.165) is 11.3 Å². The number of nitrogens with one attached hydrogen (secondary N) is 1. The molecule has 1 aliphatic rings. The molecule has 5 N–H and O–H groups in total. The summed E-state index contributed by atoms with van der Waals surface area (Å²) in [5.74, 6) is 8.26. The topological polar surface area (TPSA) is 121 Å². The van der Waals surface area contributed by atoms with Crippen LogP contribution in [0, 0.1) is 0 Å². The number of nitrogens with two attached hydrogens (primary N) is 2. The summed E-state index contributed by atoms with van der Waals surface area (Å²) in [5.41, 5.74) is 8.94. The summed E-state index contributed by atoms with van der Waals surface area (Å²) in [6.45, 7) is 0.142. The molecule has 3 rings (SSSR count). The molecule has 0 unspecified atom stereocenters. The number of carbonyl (C=O) groups excluding carboxylic acids is 1. The van der Waals surface area contributed by atoms with Gasteiger partial charge < -0.3 is 30.0 Å². The van der Waals surface area contributed by atoms with Gasteiger partial charge >= 0.3 is 0 Å². The Morgan fingerprint density at radius 2 is 1.80 bits per heavy atom. The van der Waals surface area contributed by atoms with Crippen LogP contribution in [0.2, 0.25) is 0 Å². The molecule has 160 valence electrons. The van der Waals surface area contributed by atoms with Crippen molar-refractivity contribution >= 4 is 17.3 Å². The van der Waals surface area contributed by atoms with Crippen molar-refractivity contribution in [1.29, 1.82) is 0 Å². The largest absolute Gasteiger partial charge is 0.493 e.